The minimum Gasteiger partial charge on any atom is -0.480 e. The Morgan fingerprint density at radius 3 is 1.89 bits per heavy atom. The molecule has 0 aromatic rings. The van der Waals surface area contributed by atoms with Crippen molar-refractivity contribution < 1.29 is 19.5 Å². The van der Waals surface area contributed by atoms with Crippen LogP contribution < -0.4 is 11.1 Å². The van der Waals surface area contributed by atoms with Gasteiger partial charge in [0.1, 0.15) is 6.04 Å². The van der Waals surface area contributed by atoms with E-state index in [1.54, 1.807) is 0 Å². The molecule has 6 nitrogen and oxygen atoms in total. The molecule has 0 fully saturated rings. The molecule has 102 valence electrons. The van der Waals surface area contributed by atoms with Crippen LogP contribution in [-0.4, -0.2) is 28.9 Å². The molecule has 0 saturated carbocycles. The Morgan fingerprint density at radius 2 is 1.68 bits per heavy atom. The molecule has 6 heteroatoms. The highest BCUT2D eigenvalue weighted by Crippen LogP contribution is 2.29. The third-order valence-electron chi connectivity index (χ3n) is 2.57. The highest BCUT2D eigenvalue weighted by molar-refractivity contribution is 5.83. The topological polar surface area (TPSA) is 109 Å². The summed E-state index contributed by atoms with van der Waals surface area (Å²) in [6, 6.07) is 7.44. The van der Waals surface area contributed by atoms with Gasteiger partial charge in [-0.05, 0) is 17.5 Å². The number of primary amides is 1. The van der Waals surface area contributed by atoms with Crippen molar-refractivity contribution >= 4 is 17.8 Å². The number of nitrogens with one attached hydrogen (secondary N) is 1. The van der Waals surface area contributed by atoms with Crippen molar-refractivity contribution in [3.05, 3.63) is 24.3 Å². The quantitative estimate of drug-likeness (QED) is 0.730. The number of carbonyl (C=O) groups excluding carboxylic acids is 2. The van der Waals surface area contributed by atoms with E-state index in [-0.39, 0.29) is 12.8 Å². The third-order valence-corrected chi connectivity index (χ3v) is 2.57. The minimum absolute atomic E-state index is 0.0181. The summed E-state index contributed by atoms with van der Waals surface area (Å²) in [6.07, 6.45) is -0.0402. The molecule has 1 atom stereocenters. The first-order valence-electron chi connectivity index (χ1n) is 5.79. The summed E-state index contributed by atoms with van der Waals surface area (Å²) in [6.45, 7) is 1.21. The highest BCUT2D eigenvalue weighted by atomic mass is 16.4. The summed E-state index contributed by atoms with van der Waals surface area (Å²) in [5.41, 5.74) is 7.68. The van der Waals surface area contributed by atoms with E-state index in [1.807, 2.05) is 0 Å². The summed E-state index contributed by atoms with van der Waals surface area (Å²) in [5.74, 6) is -2.20. The Labute approximate surface area is 110 Å². The maximum absolute atomic E-state index is 10.5. The molecule has 2 aliphatic carbocycles. The van der Waals surface area contributed by atoms with Gasteiger partial charge in [0, 0.05) is 13.3 Å². The lowest BCUT2D eigenvalue weighted by atomic mass is 9.95. The first-order chi connectivity index (χ1) is 8.90. The number of carbonyl (C=O) groups is 3. The molecular weight excluding hydrogens is 248 g/mol. The van der Waals surface area contributed by atoms with E-state index in [1.165, 1.54) is 18.1 Å². The van der Waals surface area contributed by atoms with Gasteiger partial charge in [0.05, 0.1) is 0 Å². The van der Waals surface area contributed by atoms with Gasteiger partial charge in [0.2, 0.25) is 11.8 Å². The predicted octanol–water partition coefficient (Wildman–Crippen LogP) is 0.508. The maximum Gasteiger partial charge on any atom is 0.326 e. The van der Waals surface area contributed by atoms with Gasteiger partial charge in [-0.2, -0.15) is 0 Å². The van der Waals surface area contributed by atoms with E-state index < -0.39 is 23.8 Å². The van der Waals surface area contributed by atoms with Crippen LogP contribution in [0.15, 0.2) is 24.3 Å². The monoisotopic (exact) mass is 264 g/mol. The fraction of sp³-hybridized carbons (Fsp3) is 0.308. The Hall–Kier alpha value is -2.37. The third kappa shape index (κ3) is 4.79. The standard InChI is InChI=1S/C7H12N2O4.C6H4/c1-4(10)9-5(7(12)13)2-3-6(8)11;1-2-6-4-3-5(1)6/h5H,2-3H2,1H3,(H2,8,11)(H,9,10)(H,12,13);1-4H. The molecule has 0 aromatic carbocycles. The van der Waals surface area contributed by atoms with Crippen LogP contribution >= 0.6 is 0 Å². The Kier molecular flexibility index (Phi) is 5.05. The second-order valence-corrected chi connectivity index (χ2v) is 4.17. The van der Waals surface area contributed by atoms with Crippen molar-refractivity contribution in [3.8, 4) is 11.1 Å². The van der Waals surface area contributed by atoms with Crippen molar-refractivity contribution in [1.82, 2.24) is 5.32 Å². The van der Waals surface area contributed by atoms with Crippen molar-refractivity contribution in [2.75, 3.05) is 0 Å². The maximum atomic E-state index is 10.5. The SMILES string of the molecule is CC(=O)NC(CCC(N)=O)C(=O)O.c1cc2ccc1-2. The number of rotatable bonds is 5. The van der Waals surface area contributed by atoms with Crippen LogP contribution in [0.4, 0.5) is 0 Å². The lowest BCUT2D eigenvalue weighted by Gasteiger charge is -2.11. The van der Waals surface area contributed by atoms with Crippen molar-refractivity contribution in [2.24, 2.45) is 5.73 Å². The Balaban J connectivity index is 0.000000241. The minimum atomic E-state index is -1.17. The average molecular weight is 264 g/mol. The molecule has 4 N–H and O–H groups in total. The van der Waals surface area contributed by atoms with Crippen LogP contribution in [0.3, 0.4) is 0 Å². The fourth-order valence-corrected chi connectivity index (χ4v) is 1.45. The molecule has 0 spiro atoms. The van der Waals surface area contributed by atoms with Gasteiger partial charge in [-0.15, -0.1) is 0 Å². The van der Waals surface area contributed by atoms with Crippen LogP contribution in [0.1, 0.15) is 19.8 Å². The zero-order chi connectivity index (χ0) is 14.4. The van der Waals surface area contributed by atoms with Gasteiger partial charge in [0.25, 0.3) is 0 Å². The molecule has 0 radical (unpaired) electrons. The molecule has 1 unspecified atom stereocenters. The summed E-state index contributed by atoms with van der Waals surface area (Å²) in [5, 5.41) is 10.8. The van der Waals surface area contributed by atoms with Crippen LogP contribution in [-0.2, 0) is 14.4 Å². The molecular formula is C13H16N2O4. The molecule has 2 amide bonds. The summed E-state index contributed by atoms with van der Waals surface area (Å²) in [4.78, 5) is 31.3. The van der Waals surface area contributed by atoms with Crippen LogP contribution in [0.25, 0.3) is 11.1 Å². The zero-order valence-corrected chi connectivity index (χ0v) is 10.6. The van der Waals surface area contributed by atoms with Crippen LogP contribution in [0.5, 0.6) is 0 Å². The molecule has 0 saturated heterocycles. The molecule has 0 bridgehead atoms. The van der Waals surface area contributed by atoms with Crippen molar-refractivity contribution in [1.29, 1.82) is 0 Å². The summed E-state index contributed by atoms with van der Waals surface area (Å²) < 4.78 is 0. The van der Waals surface area contributed by atoms with E-state index >= 15 is 0 Å². The van der Waals surface area contributed by atoms with E-state index in [0.29, 0.717) is 0 Å². The van der Waals surface area contributed by atoms with Gasteiger partial charge in [-0.1, -0.05) is 24.3 Å². The molecule has 0 aromatic heterocycles. The van der Waals surface area contributed by atoms with E-state index in [4.69, 9.17) is 10.8 Å². The van der Waals surface area contributed by atoms with Crippen molar-refractivity contribution in [2.45, 2.75) is 25.8 Å². The number of aliphatic carboxylic acids is 1. The smallest absolute Gasteiger partial charge is 0.326 e. The molecule has 0 aliphatic heterocycles. The van der Waals surface area contributed by atoms with Gasteiger partial charge >= 0.3 is 5.97 Å². The number of benzene rings is 1. The number of carboxylic acids is 1. The van der Waals surface area contributed by atoms with Gasteiger partial charge in [-0.3, -0.25) is 9.59 Å². The highest BCUT2D eigenvalue weighted by Gasteiger charge is 2.18. The second kappa shape index (κ2) is 6.53. The Morgan fingerprint density at radius 1 is 1.21 bits per heavy atom. The van der Waals surface area contributed by atoms with Crippen LogP contribution in [0.2, 0.25) is 0 Å². The van der Waals surface area contributed by atoms with Crippen LogP contribution in [0, 0.1) is 0 Å². The fourth-order valence-electron chi connectivity index (χ4n) is 1.45. The Bertz CT molecular complexity index is 461. The van der Waals surface area contributed by atoms with E-state index in [0.717, 1.165) is 0 Å². The lowest BCUT2D eigenvalue weighted by molar-refractivity contribution is -0.141. The molecule has 0 heterocycles. The number of hydrogen-bond donors (Lipinski definition) is 3. The predicted molar refractivity (Wildman–Crippen MR) is 69.1 cm³/mol. The normalized spacial score (nSPS) is 11.6. The van der Waals surface area contributed by atoms with Gasteiger partial charge in [0.15, 0.2) is 0 Å². The van der Waals surface area contributed by atoms with E-state index in [2.05, 4.69) is 29.6 Å². The molecule has 19 heavy (non-hydrogen) atoms. The first kappa shape index (κ1) is 14.7. The van der Waals surface area contributed by atoms with E-state index in [9.17, 15) is 14.4 Å². The molecule has 2 aliphatic rings. The first-order valence-corrected chi connectivity index (χ1v) is 5.79. The van der Waals surface area contributed by atoms with Gasteiger partial charge in [-0.25, -0.2) is 4.79 Å². The number of amides is 2. The summed E-state index contributed by atoms with van der Waals surface area (Å²) >= 11 is 0. The number of hydrogen-bond acceptors (Lipinski definition) is 3. The number of carboxylic acid groups (broad SMARTS) is 1. The number of nitrogens with two attached hydrogens (primary N) is 1. The largest absolute Gasteiger partial charge is 0.480 e. The summed E-state index contributed by atoms with van der Waals surface area (Å²) in [7, 11) is 0. The second-order valence-electron chi connectivity index (χ2n) is 4.17. The zero-order valence-electron chi connectivity index (χ0n) is 10.6. The van der Waals surface area contributed by atoms with Gasteiger partial charge < -0.3 is 16.2 Å². The lowest BCUT2D eigenvalue weighted by Crippen LogP contribution is -2.40. The average Bonchev–Trinajstić information content (AvgIpc) is 2.29. The molecule has 2 rings (SSSR count). The van der Waals surface area contributed by atoms with Crippen molar-refractivity contribution in [3.63, 3.8) is 0 Å². The number of fused-ring (bicyclic) bond motifs is 1.